The van der Waals surface area contributed by atoms with Crippen LogP contribution in [0.4, 0.5) is 0 Å². The maximum atomic E-state index is 10.3. The number of ether oxygens (including phenoxy) is 1. The second-order valence-electron chi connectivity index (χ2n) is 7.68. The Morgan fingerprint density at radius 2 is 1.63 bits per heavy atom. The Morgan fingerprint density at radius 1 is 1.00 bits per heavy atom. The van der Waals surface area contributed by atoms with Crippen LogP contribution in [0.3, 0.4) is 0 Å². The molecule has 0 saturated carbocycles. The Bertz CT molecular complexity index is 641. The molecular formula is C22H31ClNO3-. The molecule has 0 radical (unpaired) electrons. The summed E-state index contributed by atoms with van der Waals surface area (Å²) in [5.41, 5.74) is 2.52. The molecule has 0 aliphatic carbocycles. The fourth-order valence-corrected chi connectivity index (χ4v) is 2.81. The highest BCUT2D eigenvalue weighted by molar-refractivity contribution is 5.31. The summed E-state index contributed by atoms with van der Waals surface area (Å²) in [5.74, 6) is 0.758. The normalized spacial score (nSPS) is 12.5. The van der Waals surface area contributed by atoms with Gasteiger partial charge in [-0.15, -0.1) is 0 Å². The van der Waals surface area contributed by atoms with Crippen molar-refractivity contribution in [2.75, 3.05) is 26.3 Å². The van der Waals surface area contributed by atoms with Gasteiger partial charge < -0.3 is 27.4 Å². The summed E-state index contributed by atoms with van der Waals surface area (Å²) >= 11 is 0. The fourth-order valence-electron chi connectivity index (χ4n) is 2.81. The van der Waals surface area contributed by atoms with E-state index in [0.717, 1.165) is 11.3 Å². The van der Waals surface area contributed by atoms with E-state index in [2.05, 4.69) is 32.9 Å². The third-order valence-corrected chi connectivity index (χ3v) is 4.30. The van der Waals surface area contributed by atoms with Gasteiger partial charge in [-0.1, -0.05) is 63.2 Å². The molecule has 0 aromatic heterocycles. The standard InChI is InChI=1S/C22H31NO3.ClH/c1-22(2,3)19-9-11-21(12-10-19)26-17-20(25)16-23(13-14-24)15-18-7-5-4-6-8-18;/h4-12,20,24-25H,13-17H2,1-3H3;1H/p-1. The van der Waals surface area contributed by atoms with Gasteiger partial charge in [-0.25, -0.2) is 0 Å². The number of benzene rings is 2. The predicted octanol–water partition coefficient (Wildman–Crippen LogP) is 0.222. The van der Waals surface area contributed by atoms with Crippen molar-refractivity contribution >= 4 is 0 Å². The second-order valence-corrected chi connectivity index (χ2v) is 7.68. The van der Waals surface area contributed by atoms with Gasteiger partial charge in [0.25, 0.3) is 0 Å². The lowest BCUT2D eigenvalue weighted by Gasteiger charge is -2.24. The Morgan fingerprint density at radius 3 is 2.19 bits per heavy atom. The van der Waals surface area contributed by atoms with Crippen LogP contribution in [-0.4, -0.2) is 47.5 Å². The third-order valence-electron chi connectivity index (χ3n) is 4.30. The molecule has 0 aliphatic heterocycles. The molecule has 1 atom stereocenters. The molecule has 0 heterocycles. The number of halogens is 1. The van der Waals surface area contributed by atoms with Gasteiger partial charge in [-0.05, 0) is 28.7 Å². The van der Waals surface area contributed by atoms with E-state index in [1.165, 1.54) is 5.56 Å². The molecule has 4 nitrogen and oxygen atoms in total. The molecule has 150 valence electrons. The van der Waals surface area contributed by atoms with Crippen LogP contribution in [0.25, 0.3) is 0 Å². The molecule has 2 N–H and O–H groups in total. The molecule has 2 aromatic carbocycles. The molecule has 0 fully saturated rings. The van der Waals surface area contributed by atoms with Gasteiger partial charge in [0.15, 0.2) is 0 Å². The van der Waals surface area contributed by atoms with Gasteiger partial charge in [0, 0.05) is 19.6 Å². The van der Waals surface area contributed by atoms with Gasteiger partial charge in [-0.3, -0.25) is 4.90 Å². The lowest BCUT2D eigenvalue weighted by Crippen LogP contribution is -3.00. The Labute approximate surface area is 169 Å². The van der Waals surface area contributed by atoms with E-state index in [9.17, 15) is 10.2 Å². The van der Waals surface area contributed by atoms with Gasteiger partial charge in [-0.2, -0.15) is 0 Å². The molecule has 2 aromatic rings. The number of hydrogen-bond acceptors (Lipinski definition) is 4. The summed E-state index contributed by atoms with van der Waals surface area (Å²) in [6.07, 6.45) is -0.618. The zero-order valence-electron chi connectivity index (χ0n) is 16.4. The summed E-state index contributed by atoms with van der Waals surface area (Å²) in [6.45, 7) is 8.49. The van der Waals surface area contributed by atoms with E-state index in [1.807, 2.05) is 47.4 Å². The molecule has 0 amide bonds. The van der Waals surface area contributed by atoms with Crippen LogP contribution in [0.15, 0.2) is 54.6 Å². The third kappa shape index (κ3) is 8.31. The molecule has 5 heteroatoms. The molecule has 2 rings (SSSR count). The lowest BCUT2D eigenvalue weighted by atomic mass is 9.87. The zero-order chi connectivity index (χ0) is 19.0. The van der Waals surface area contributed by atoms with E-state index < -0.39 is 6.10 Å². The number of hydrogen-bond donors (Lipinski definition) is 2. The monoisotopic (exact) mass is 392 g/mol. The Kier molecular flexibility index (Phi) is 9.81. The minimum atomic E-state index is -0.618. The zero-order valence-corrected chi connectivity index (χ0v) is 17.2. The fraction of sp³-hybridized carbons (Fsp3) is 0.455. The van der Waals surface area contributed by atoms with E-state index in [1.54, 1.807) is 0 Å². The van der Waals surface area contributed by atoms with Crippen LogP contribution >= 0.6 is 0 Å². The Balaban J connectivity index is 0.00000364. The van der Waals surface area contributed by atoms with Crippen LogP contribution in [0, 0.1) is 0 Å². The van der Waals surface area contributed by atoms with Crippen molar-refractivity contribution in [2.45, 2.75) is 38.8 Å². The molecule has 1 unspecified atom stereocenters. The van der Waals surface area contributed by atoms with Crippen molar-refractivity contribution in [3.05, 3.63) is 65.7 Å². The van der Waals surface area contributed by atoms with Gasteiger partial charge in [0.1, 0.15) is 18.5 Å². The van der Waals surface area contributed by atoms with Gasteiger partial charge >= 0.3 is 0 Å². The van der Waals surface area contributed by atoms with E-state index in [4.69, 9.17) is 4.74 Å². The molecule has 0 bridgehead atoms. The minimum absolute atomic E-state index is 0. The first kappa shape index (κ1) is 23.4. The molecule has 0 saturated heterocycles. The number of nitrogens with zero attached hydrogens (tertiary/aromatic N) is 1. The SMILES string of the molecule is CC(C)(C)c1ccc(OCC(O)CN(CCO)Cc2ccccc2)cc1.[Cl-]. The van der Waals surface area contributed by atoms with Crippen molar-refractivity contribution in [3.63, 3.8) is 0 Å². The average molecular weight is 393 g/mol. The quantitative estimate of drug-likeness (QED) is 0.641. The topological polar surface area (TPSA) is 52.9 Å². The minimum Gasteiger partial charge on any atom is -1.00 e. The molecule has 0 aliphatic rings. The van der Waals surface area contributed by atoms with Crippen molar-refractivity contribution in [3.8, 4) is 5.75 Å². The summed E-state index contributed by atoms with van der Waals surface area (Å²) in [5, 5.41) is 19.6. The lowest BCUT2D eigenvalue weighted by molar-refractivity contribution is -0.0000104. The largest absolute Gasteiger partial charge is 1.00 e. The summed E-state index contributed by atoms with van der Waals surface area (Å²) in [7, 11) is 0. The number of aliphatic hydroxyl groups excluding tert-OH is 2. The summed E-state index contributed by atoms with van der Waals surface area (Å²) in [6, 6.07) is 18.1. The van der Waals surface area contributed by atoms with E-state index in [-0.39, 0.29) is 31.0 Å². The van der Waals surface area contributed by atoms with Crippen LogP contribution < -0.4 is 17.1 Å². The van der Waals surface area contributed by atoms with E-state index in [0.29, 0.717) is 19.6 Å². The maximum Gasteiger partial charge on any atom is 0.119 e. The van der Waals surface area contributed by atoms with Crippen LogP contribution in [0.5, 0.6) is 5.75 Å². The first-order valence-electron chi connectivity index (χ1n) is 9.17. The Hall–Kier alpha value is -1.59. The van der Waals surface area contributed by atoms with Crippen molar-refractivity contribution in [1.29, 1.82) is 0 Å². The van der Waals surface area contributed by atoms with Gasteiger partial charge in [0.05, 0.1) is 6.61 Å². The highest BCUT2D eigenvalue weighted by Gasteiger charge is 2.15. The maximum absolute atomic E-state index is 10.3. The average Bonchev–Trinajstić information content (AvgIpc) is 2.61. The number of rotatable bonds is 9. The van der Waals surface area contributed by atoms with E-state index >= 15 is 0 Å². The predicted molar refractivity (Wildman–Crippen MR) is 105 cm³/mol. The van der Waals surface area contributed by atoms with Crippen LogP contribution in [0.1, 0.15) is 31.9 Å². The van der Waals surface area contributed by atoms with Crippen molar-refractivity contribution in [2.24, 2.45) is 0 Å². The molecule has 27 heavy (non-hydrogen) atoms. The first-order valence-corrected chi connectivity index (χ1v) is 9.17. The van der Waals surface area contributed by atoms with Crippen molar-refractivity contribution < 1.29 is 27.4 Å². The van der Waals surface area contributed by atoms with Gasteiger partial charge in [0.2, 0.25) is 0 Å². The van der Waals surface area contributed by atoms with Crippen LogP contribution in [-0.2, 0) is 12.0 Å². The van der Waals surface area contributed by atoms with Crippen molar-refractivity contribution in [1.82, 2.24) is 4.90 Å². The first-order chi connectivity index (χ1) is 12.4. The number of aliphatic hydroxyl groups is 2. The summed E-state index contributed by atoms with van der Waals surface area (Å²) < 4.78 is 5.73. The van der Waals surface area contributed by atoms with Crippen LogP contribution in [0.2, 0.25) is 0 Å². The highest BCUT2D eigenvalue weighted by atomic mass is 35.5. The molecular weight excluding hydrogens is 362 g/mol. The smallest absolute Gasteiger partial charge is 0.119 e. The second kappa shape index (κ2) is 11.3. The summed E-state index contributed by atoms with van der Waals surface area (Å²) in [4.78, 5) is 2.03. The highest BCUT2D eigenvalue weighted by Crippen LogP contribution is 2.24. The molecule has 0 spiro atoms.